The Balaban J connectivity index is 1.46. The lowest BCUT2D eigenvalue weighted by molar-refractivity contribution is -0.124. The normalized spacial score (nSPS) is 11.8. The summed E-state index contributed by atoms with van der Waals surface area (Å²) in [5.41, 5.74) is 1.21. The molecule has 0 saturated heterocycles. The van der Waals surface area contributed by atoms with Gasteiger partial charge in [-0.05, 0) is 29.8 Å². The molecule has 1 aliphatic heterocycles. The fourth-order valence-corrected chi connectivity index (χ4v) is 2.01. The number of nitrogens with zero attached hydrogens (tertiary/aromatic N) is 1. The first-order valence-electron chi connectivity index (χ1n) is 6.95. The summed E-state index contributed by atoms with van der Waals surface area (Å²) in [6.07, 6.45) is 2.96. The molecule has 0 spiro atoms. The zero-order valence-electron chi connectivity index (χ0n) is 12.2. The Bertz CT molecular complexity index is 718. The van der Waals surface area contributed by atoms with Crippen LogP contribution in [-0.4, -0.2) is 30.3 Å². The number of hydrogen-bond donors (Lipinski definition) is 1. The van der Waals surface area contributed by atoms with E-state index in [2.05, 4.69) is 10.3 Å². The highest BCUT2D eigenvalue weighted by Gasteiger charge is 2.14. The van der Waals surface area contributed by atoms with Gasteiger partial charge in [-0.3, -0.25) is 9.78 Å². The van der Waals surface area contributed by atoms with Crippen LogP contribution < -0.4 is 14.8 Å². The molecule has 1 aromatic carbocycles. The number of rotatable bonds is 5. The topological polar surface area (TPSA) is 86.8 Å². The van der Waals surface area contributed by atoms with Crippen LogP contribution >= 0.6 is 0 Å². The lowest BCUT2D eigenvalue weighted by atomic mass is 10.2. The van der Waals surface area contributed by atoms with E-state index in [0.717, 1.165) is 5.56 Å². The molecule has 2 aromatic rings. The van der Waals surface area contributed by atoms with E-state index in [1.165, 1.54) is 24.5 Å². The van der Waals surface area contributed by atoms with Crippen molar-refractivity contribution < 1.29 is 23.8 Å². The predicted molar refractivity (Wildman–Crippen MR) is 78.9 cm³/mol. The van der Waals surface area contributed by atoms with Crippen molar-refractivity contribution in [2.75, 3.05) is 13.4 Å². The van der Waals surface area contributed by atoms with Gasteiger partial charge in [-0.1, -0.05) is 6.07 Å². The van der Waals surface area contributed by atoms with Crippen LogP contribution in [0.1, 0.15) is 15.9 Å². The van der Waals surface area contributed by atoms with Gasteiger partial charge in [-0.2, -0.15) is 0 Å². The van der Waals surface area contributed by atoms with E-state index in [0.29, 0.717) is 23.6 Å². The molecular weight excluding hydrogens is 300 g/mol. The number of aromatic nitrogens is 1. The maximum atomic E-state index is 11.7. The van der Waals surface area contributed by atoms with Crippen molar-refractivity contribution in [3.05, 3.63) is 53.9 Å². The molecule has 0 bridgehead atoms. The Labute approximate surface area is 132 Å². The van der Waals surface area contributed by atoms with Crippen molar-refractivity contribution in [1.82, 2.24) is 10.3 Å². The molecule has 7 nitrogen and oxygen atoms in total. The van der Waals surface area contributed by atoms with Gasteiger partial charge in [0.1, 0.15) is 0 Å². The molecule has 0 aliphatic carbocycles. The van der Waals surface area contributed by atoms with Gasteiger partial charge in [0.15, 0.2) is 18.1 Å². The van der Waals surface area contributed by atoms with E-state index in [9.17, 15) is 9.59 Å². The van der Waals surface area contributed by atoms with Crippen molar-refractivity contribution in [1.29, 1.82) is 0 Å². The summed E-state index contributed by atoms with van der Waals surface area (Å²) in [5, 5.41) is 2.67. The second-order valence-corrected chi connectivity index (χ2v) is 4.78. The summed E-state index contributed by atoms with van der Waals surface area (Å²) < 4.78 is 15.4. The van der Waals surface area contributed by atoms with Gasteiger partial charge in [0.05, 0.1) is 5.56 Å². The Morgan fingerprint density at radius 2 is 1.91 bits per heavy atom. The summed E-state index contributed by atoms with van der Waals surface area (Å²) in [4.78, 5) is 27.2. The molecule has 0 radical (unpaired) electrons. The third kappa shape index (κ3) is 3.76. The second kappa shape index (κ2) is 6.78. The van der Waals surface area contributed by atoms with Gasteiger partial charge in [-0.25, -0.2) is 4.79 Å². The minimum absolute atomic E-state index is 0.204. The number of carbonyl (C=O) groups excluding carboxylic acids is 2. The Morgan fingerprint density at radius 3 is 2.74 bits per heavy atom. The quantitative estimate of drug-likeness (QED) is 0.837. The Hall–Kier alpha value is -3.09. The number of ether oxygens (including phenoxy) is 3. The Kier molecular flexibility index (Phi) is 4.37. The number of fused-ring (bicyclic) bond motifs is 1. The maximum Gasteiger partial charge on any atom is 0.338 e. The van der Waals surface area contributed by atoms with Crippen LogP contribution in [0.15, 0.2) is 42.7 Å². The summed E-state index contributed by atoms with van der Waals surface area (Å²) in [6, 6.07) is 8.45. The van der Waals surface area contributed by atoms with Crippen molar-refractivity contribution >= 4 is 11.9 Å². The largest absolute Gasteiger partial charge is 0.454 e. The average Bonchev–Trinajstić information content (AvgIpc) is 3.06. The van der Waals surface area contributed by atoms with E-state index in [1.54, 1.807) is 12.1 Å². The minimum atomic E-state index is -0.564. The standard InChI is InChI=1S/C16H14N2O5/c19-15(9-21-16(20)12-3-5-17-6-4-12)18-8-11-1-2-13-14(7-11)23-10-22-13/h1-7H,8-10H2,(H,18,19). The lowest BCUT2D eigenvalue weighted by Gasteiger charge is -2.07. The van der Waals surface area contributed by atoms with Gasteiger partial charge in [-0.15, -0.1) is 0 Å². The van der Waals surface area contributed by atoms with E-state index in [-0.39, 0.29) is 19.3 Å². The first kappa shape index (κ1) is 14.8. The van der Waals surface area contributed by atoms with Gasteiger partial charge in [0, 0.05) is 18.9 Å². The summed E-state index contributed by atoms with van der Waals surface area (Å²) in [5.74, 6) is 0.392. The monoisotopic (exact) mass is 314 g/mol. The third-order valence-corrected chi connectivity index (χ3v) is 3.18. The van der Waals surface area contributed by atoms with Crippen LogP contribution in [0.2, 0.25) is 0 Å². The highest BCUT2D eigenvalue weighted by molar-refractivity contribution is 5.91. The van der Waals surface area contributed by atoms with E-state index >= 15 is 0 Å². The van der Waals surface area contributed by atoms with Gasteiger partial charge >= 0.3 is 5.97 Å². The number of esters is 1. The third-order valence-electron chi connectivity index (χ3n) is 3.18. The maximum absolute atomic E-state index is 11.7. The highest BCUT2D eigenvalue weighted by Crippen LogP contribution is 2.32. The number of nitrogens with one attached hydrogen (secondary N) is 1. The zero-order valence-corrected chi connectivity index (χ0v) is 12.2. The van der Waals surface area contributed by atoms with Gasteiger partial charge < -0.3 is 19.5 Å². The van der Waals surface area contributed by atoms with Crippen molar-refractivity contribution in [3.63, 3.8) is 0 Å². The molecular formula is C16H14N2O5. The van der Waals surface area contributed by atoms with E-state index in [1.807, 2.05) is 6.07 Å². The average molecular weight is 314 g/mol. The molecule has 1 amide bonds. The first-order valence-corrected chi connectivity index (χ1v) is 6.95. The predicted octanol–water partition coefficient (Wildman–Crippen LogP) is 1.28. The summed E-state index contributed by atoms with van der Waals surface area (Å²) in [7, 11) is 0. The fraction of sp³-hybridized carbons (Fsp3) is 0.188. The molecule has 118 valence electrons. The molecule has 1 aliphatic rings. The fourth-order valence-electron chi connectivity index (χ4n) is 2.01. The number of hydrogen-bond acceptors (Lipinski definition) is 6. The summed E-state index contributed by atoms with van der Waals surface area (Å²) in [6.45, 7) is 0.171. The van der Waals surface area contributed by atoms with Gasteiger partial charge in [0.2, 0.25) is 6.79 Å². The second-order valence-electron chi connectivity index (χ2n) is 4.78. The van der Waals surface area contributed by atoms with Crippen LogP contribution in [0.4, 0.5) is 0 Å². The number of amides is 1. The van der Waals surface area contributed by atoms with Crippen LogP contribution in [0.25, 0.3) is 0 Å². The Morgan fingerprint density at radius 1 is 1.13 bits per heavy atom. The zero-order chi connectivity index (χ0) is 16.1. The highest BCUT2D eigenvalue weighted by atomic mass is 16.7. The number of pyridine rings is 1. The summed E-state index contributed by atoms with van der Waals surface area (Å²) >= 11 is 0. The lowest BCUT2D eigenvalue weighted by Crippen LogP contribution is -2.28. The number of carbonyl (C=O) groups is 2. The molecule has 2 heterocycles. The molecule has 1 aromatic heterocycles. The molecule has 7 heteroatoms. The molecule has 0 fully saturated rings. The molecule has 23 heavy (non-hydrogen) atoms. The van der Waals surface area contributed by atoms with E-state index in [4.69, 9.17) is 14.2 Å². The smallest absolute Gasteiger partial charge is 0.338 e. The molecule has 0 saturated carbocycles. The van der Waals surface area contributed by atoms with Crippen molar-refractivity contribution in [3.8, 4) is 11.5 Å². The van der Waals surface area contributed by atoms with Crippen molar-refractivity contribution in [2.45, 2.75) is 6.54 Å². The first-order chi connectivity index (χ1) is 11.2. The number of benzene rings is 1. The van der Waals surface area contributed by atoms with Crippen LogP contribution in [0, 0.1) is 0 Å². The molecule has 0 unspecified atom stereocenters. The molecule has 0 atom stereocenters. The SMILES string of the molecule is O=C(COC(=O)c1ccncc1)NCc1ccc2c(c1)OCO2. The minimum Gasteiger partial charge on any atom is -0.454 e. The van der Waals surface area contributed by atoms with Crippen LogP contribution in [0.5, 0.6) is 11.5 Å². The van der Waals surface area contributed by atoms with Crippen molar-refractivity contribution in [2.24, 2.45) is 0 Å². The van der Waals surface area contributed by atoms with Gasteiger partial charge in [0.25, 0.3) is 5.91 Å². The van der Waals surface area contributed by atoms with Crippen LogP contribution in [-0.2, 0) is 16.1 Å². The molecule has 3 rings (SSSR count). The van der Waals surface area contributed by atoms with Crippen LogP contribution in [0.3, 0.4) is 0 Å². The van der Waals surface area contributed by atoms with E-state index < -0.39 is 5.97 Å². The molecule has 1 N–H and O–H groups in total.